The van der Waals surface area contributed by atoms with Crippen molar-refractivity contribution in [3.05, 3.63) is 59.7 Å². The van der Waals surface area contributed by atoms with Crippen LogP contribution in [0.1, 0.15) is 50.7 Å². The number of carboxylic acid groups (broad SMARTS) is 1. The van der Waals surface area contributed by atoms with Crippen LogP contribution in [0.15, 0.2) is 48.5 Å². The number of amides is 2. The molecule has 0 radical (unpaired) electrons. The second-order valence-electron chi connectivity index (χ2n) is 8.73. The molecule has 2 aromatic rings. The van der Waals surface area contributed by atoms with Crippen molar-refractivity contribution in [2.45, 2.75) is 45.6 Å². The molecule has 1 unspecified atom stereocenters. The second-order valence-corrected chi connectivity index (χ2v) is 8.73. The third kappa shape index (κ3) is 5.92. The van der Waals surface area contributed by atoms with Gasteiger partial charge in [0.1, 0.15) is 6.61 Å². The first-order chi connectivity index (χ1) is 15.8. The third-order valence-electron chi connectivity index (χ3n) is 6.01. The minimum absolute atomic E-state index is 0.0167. The highest BCUT2D eigenvalue weighted by atomic mass is 16.5. The van der Waals surface area contributed by atoms with Crippen molar-refractivity contribution >= 4 is 18.0 Å². The molecule has 0 aliphatic heterocycles. The van der Waals surface area contributed by atoms with Gasteiger partial charge in [-0.15, -0.1) is 0 Å². The lowest BCUT2D eigenvalue weighted by molar-refractivity contribution is -0.139. The Morgan fingerprint density at radius 1 is 1.00 bits per heavy atom. The Bertz CT molecular complexity index is 958. The molecule has 0 heterocycles. The Morgan fingerprint density at radius 2 is 1.58 bits per heavy atom. The molecule has 0 saturated heterocycles. The van der Waals surface area contributed by atoms with Crippen LogP contribution < -0.4 is 5.32 Å². The molecule has 2 N–H and O–H groups in total. The second kappa shape index (κ2) is 11.0. The summed E-state index contributed by atoms with van der Waals surface area (Å²) in [6.45, 7) is 6.28. The molecule has 7 nitrogen and oxygen atoms in total. The summed E-state index contributed by atoms with van der Waals surface area (Å²) in [4.78, 5) is 37.6. The minimum atomic E-state index is -0.879. The van der Waals surface area contributed by atoms with E-state index < -0.39 is 18.0 Å². The SMILES string of the molecule is CC(CNC(=O)OCC1c2ccccc2-c2ccccc21)C(=O)N(CCCC(=O)O)C(C)C. The number of ether oxygens (including phenoxy) is 1. The average molecular weight is 453 g/mol. The number of hydrogen-bond donors (Lipinski definition) is 2. The molecule has 1 aliphatic carbocycles. The van der Waals surface area contributed by atoms with Crippen LogP contribution in [-0.2, 0) is 14.3 Å². The summed E-state index contributed by atoms with van der Waals surface area (Å²) < 4.78 is 5.53. The van der Waals surface area contributed by atoms with Gasteiger partial charge in [0.2, 0.25) is 5.91 Å². The summed E-state index contributed by atoms with van der Waals surface area (Å²) in [7, 11) is 0. The van der Waals surface area contributed by atoms with Crippen LogP contribution in [0.5, 0.6) is 0 Å². The fourth-order valence-electron chi connectivity index (χ4n) is 4.28. The number of benzene rings is 2. The smallest absolute Gasteiger partial charge is 0.407 e. The van der Waals surface area contributed by atoms with E-state index in [1.807, 2.05) is 38.1 Å². The lowest BCUT2D eigenvalue weighted by atomic mass is 9.98. The van der Waals surface area contributed by atoms with Crippen LogP contribution in [-0.4, -0.2) is 53.7 Å². The molecule has 1 atom stereocenters. The van der Waals surface area contributed by atoms with Gasteiger partial charge in [-0.2, -0.15) is 0 Å². The summed E-state index contributed by atoms with van der Waals surface area (Å²) in [6.07, 6.45) is -0.146. The summed E-state index contributed by atoms with van der Waals surface area (Å²) in [5, 5.41) is 11.5. The molecule has 0 fully saturated rings. The minimum Gasteiger partial charge on any atom is -0.481 e. The Balaban J connectivity index is 1.52. The first-order valence-electron chi connectivity index (χ1n) is 11.4. The maximum Gasteiger partial charge on any atom is 0.407 e. The molecule has 2 amide bonds. The normalized spacial score (nSPS) is 13.2. The Labute approximate surface area is 194 Å². The molecule has 176 valence electrons. The first-order valence-corrected chi connectivity index (χ1v) is 11.4. The largest absolute Gasteiger partial charge is 0.481 e. The zero-order valence-corrected chi connectivity index (χ0v) is 19.4. The number of carbonyl (C=O) groups excluding carboxylic acids is 2. The zero-order chi connectivity index (χ0) is 24.0. The van der Waals surface area contributed by atoms with Gasteiger partial charge < -0.3 is 20.1 Å². The van der Waals surface area contributed by atoms with Gasteiger partial charge >= 0.3 is 12.1 Å². The number of rotatable bonds is 10. The summed E-state index contributed by atoms with van der Waals surface area (Å²) in [5.74, 6) is -1.46. The number of nitrogens with zero attached hydrogens (tertiary/aromatic N) is 1. The number of nitrogens with one attached hydrogen (secondary N) is 1. The molecule has 0 aromatic heterocycles. The van der Waals surface area contributed by atoms with Crippen molar-refractivity contribution in [2.24, 2.45) is 5.92 Å². The highest BCUT2D eigenvalue weighted by molar-refractivity contribution is 5.80. The van der Waals surface area contributed by atoms with Gasteiger partial charge in [-0.25, -0.2) is 4.79 Å². The number of carboxylic acids is 1. The van der Waals surface area contributed by atoms with Crippen molar-refractivity contribution in [2.75, 3.05) is 19.7 Å². The molecular formula is C26H32N2O5. The molecular weight excluding hydrogens is 420 g/mol. The fraction of sp³-hybridized carbons (Fsp3) is 0.423. The van der Waals surface area contributed by atoms with E-state index in [0.29, 0.717) is 13.0 Å². The molecule has 33 heavy (non-hydrogen) atoms. The standard InChI is InChI=1S/C26H32N2O5/c1-17(2)28(14-8-13-24(29)30)25(31)18(3)15-27-26(32)33-16-23-21-11-6-4-9-19(21)20-10-5-7-12-22(20)23/h4-7,9-12,17-18,23H,8,13-16H2,1-3H3,(H,27,32)(H,29,30). The lowest BCUT2D eigenvalue weighted by Crippen LogP contribution is -2.44. The monoisotopic (exact) mass is 452 g/mol. The van der Waals surface area contributed by atoms with Crippen molar-refractivity contribution in [1.29, 1.82) is 0 Å². The van der Waals surface area contributed by atoms with Crippen molar-refractivity contribution in [3.8, 4) is 11.1 Å². The molecule has 7 heteroatoms. The van der Waals surface area contributed by atoms with E-state index in [9.17, 15) is 14.4 Å². The molecule has 1 aliphatic rings. The van der Waals surface area contributed by atoms with E-state index in [1.165, 1.54) is 0 Å². The van der Waals surface area contributed by atoms with E-state index in [-0.39, 0.29) is 37.4 Å². The molecule has 3 rings (SSSR count). The quantitative estimate of drug-likeness (QED) is 0.561. The topological polar surface area (TPSA) is 95.9 Å². The summed E-state index contributed by atoms with van der Waals surface area (Å²) in [5.41, 5.74) is 4.61. The van der Waals surface area contributed by atoms with Crippen LogP contribution in [0.2, 0.25) is 0 Å². The number of aliphatic carboxylic acids is 1. The average Bonchev–Trinajstić information content (AvgIpc) is 3.12. The molecule has 0 saturated carbocycles. The van der Waals surface area contributed by atoms with E-state index in [1.54, 1.807) is 11.8 Å². The van der Waals surface area contributed by atoms with Crippen molar-refractivity contribution < 1.29 is 24.2 Å². The van der Waals surface area contributed by atoms with Gasteiger partial charge in [-0.1, -0.05) is 55.5 Å². The van der Waals surface area contributed by atoms with E-state index >= 15 is 0 Å². The van der Waals surface area contributed by atoms with E-state index in [4.69, 9.17) is 9.84 Å². The van der Waals surface area contributed by atoms with Gasteiger partial charge in [-0.05, 0) is 42.5 Å². The number of fused-ring (bicyclic) bond motifs is 3. The predicted octanol–water partition coefficient (Wildman–Crippen LogP) is 4.26. The van der Waals surface area contributed by atoms with Crippen LogP contribution in [0.4, 0.5) is 4.79 Å². The van der Waals surface area contributed by atoms with Crippen LogP contribution in [0, 0.1) is 5.92 Å². The third-order valence-corrected chi connectivity index (χ3v) is 6.01. The van der Waals surface area contributed by atoms with Crippen LogP contribution in [0.3, 0.4) is 0 Å². The van der Waals surface area contributed by atoms with Gasteiger partial charge in [0.05, 0.1) is 5.92 Å². The molecule has 2 aromatic carbocycles. The molecule has 0 spiro atoms. The van der Waals surface area contributed by atoms with Crippen LogP contribution >= 0.6 is 0 Å². The number of hydrogen-bond acceptors (Lipinski definition) is 4. The number of carbonyl (C=O) groups is 3. The van der Waals surface area contributed by atoms with Gasteiger partial charge in [0, 0.05) is 31.5 Å². The van der Waals surface area contributed by atoms with Gasteiger partial charge in [0.15, 0.2) is 0 Å². The highest BCUT2D eigenvalue weighted by Crippen LogP contribution is 2.44. The van der Waals surface area contributed by atoms with Crippen LogP contribution in [0.25, 0.3) is 11.1 Å². The van der Waals surface area contributed by atoms with Gasteiger partial charge in [-0.3, -0.25) is 9.59 Å². The first kappa shape index (κ1) is 24.3. The van der Waals surface area contributed by atoms with Crippen molar-refractivity contribution in [1.82, 2.24) is 10.2 Å². The highest BCUT2D eigenvalue weighted by Gasteiger charge is 2.29. The Hall–Kier alpha value is -3.35. The van der Waals surface area contributed by atoms with E-state index in [0.717, 1.165) is 22.3 Å². The lowest BCUT2D eigenvalue weighted by Gasteiger charge is -2.29. The van der Waals surface area contributed by atoms with E-state index in [2.05, 4.69) is 29.6 Å². The molecule has 0 bridgehead atoms. The Morgan fingerprint density at radius 3 is 2.12 bits per heavy atom. The van der Waals surface area contributed by atoms with Crippen molar-refractivity contribution in [3.63, 3.8) is 0 Å². The maximum atomic E-state index is 12.8. The predicted molar refractivity (Wildman–Crippen MR) is 126 cm³/mol. The maximum absolute atomic E-state index is 12.8. The fourth-order valence-corrected chi connectivity index (χ4v) is 4.28. The number of alkyl carbamates (subject to hydrolysis) is 1. The summed E-state index contributed by atoms with van der Waals surface area (Å²) >= 11 is 0. The zero-order valence-electron chi connectivity index (χ0n) is 19.4. The van der Waals surface area contributed by atoms with Gasteiger partial charge in [0.25, 0.3) is 0 Å². The summed E-state index contributed by atoms with van der Waals surface area (Å²) in [6, 6.07) is 16.2. The Kier molecular flexibility index (Phi) is 8.09.